The normalized spacial score (nSPS) is 11.5. The summed E-state index contributed by atoms with van der Waals surface area (Å²) in [7, 11) is 1.17. The van der Waals surface area contributed by atoms with E-state index in [0.717, 1.165) is 4.68 Å². The number of rotatable bonds is 2. The predicted molar refractivity (Wildman–Crippen MR) is 40.7 cm³/mol. The van der Waals surface area contributed by atoms with Crippen molar-refractivity contribution in [3.05, 3.63) is 17.5 Å². The van der Waals surface area contributed by atoms with Crippen LogP contribution >= 0.6 is 0 Å². The highest BCUT2D eigenvalue weighted by Gasteiger charge is 2.38. The first-order valence-corrected chi connectivity index (χ1v) is 3.75. The first-order valence-electron chi connectivity index (χ1n) is 3.75. The Morgan fingerprint density at radius 2 is 2.27 bits per heavy atom. The Balaban J connectivity index is 3.16. The average molecular weight is 224 g/mol. The lowest BCUT2D eigenvalue weighted by molar-refractivity contribution is -0.138. The second-order valence-corrected chi connectivity index (χ2v) is 2.59. The number of nitrogens with zero attached hydrogens (tertiary/aromatic N) is 2. The van der Waals surface area contributed by atoms with Gasteiger partial charge in [-0.2, -0.15) is 18.3 Å². The number of hydrogen-bond donors (Lipinski definition) is 1. The number of aliphatic hydroxyl groups is 1. The van der Waals surface area contributed by atoms with E-state index in [-0.39, 0.29) is 0 Å². The van der Waals surface area contributed by atoms with Crippen LogP contribution in [0.3, 0.4) is 0 Å². The van der Waals surface area contributed by atoms with Crippen molar-refractivity contribution >= 4 is 5.97 Å². The van der Waals surface area contributed by atoms with Crippen LogP contribution < -0.4 is 0 Å². The molecule has 1 aromatic rings. The Bertz CT molecular complexity index is 372. The topological polar surface area (TPSA) is 64.4 Å². The number of ether oxygens (including phenoxy) is 1. The maximum atomic E-state index is 12.3. The van der Waals surface area contributed by atoms with Crippen LogP contribution in [0.5, 0.6) is 0 Å². The summed E-state index contributed by atoms with van der Waals surface area (Å²) in [4.78, 5) is 11.1. The maximum Gasteiger partial charge on any atom is 0.420 e. The average Bonchev–Trinajstić information content (AvgIpc) is 2.46. The Labute approximate surface area is 82.1 Å². The molecule has 1 aromatic heterocycles. The minimum atomic E-state index is -4.68. The summed E-state index contributed by atoms with van der Waals surface area (Å²) in [6.45, 7) is -0.985. The van der Waals surface area contributed by atoms with E-state index in [1.165, 1.54) is 7.05 Å². The highest BCUT2D eigenvalue weighted by atomic mass is 19.4. The van der Waals surface area contributed by atoms with Crippen LogP contribution in [0.4, 0.5) is 13.2 Å². The largest absolute Gasteiger partial charge is 0.434 e. The summed E-state index contributed by atoms with van der Waals surface area (Å²) in [5, 5.41) is 11.6. The number of esters is 1. The van der Waals surface area contributed by atoms with Crippen molar-refractivity contribution in [2.45, 2.75) is 6.18 Å². The van der Waals surface area contributed by atoms with Gasteiger partial charge in [0.15, 0.2) is 12.5 Å². The van der Waals surface area contributed by atoms with Gasteiger partial charge in [-0.3, -0.25) is 4.68 Å². The number of aliphatic hydroxyl groups excluding tert-OH is 1. The molecule has 5 nitrogen and oxygen atoms in total. The van der Waals surface area contributed by atoms with Crippen LogP contribution in [0, 0.1) is 0 Å². The third kappa shape index (κ3) is 2.27. The van der Waals surface area contributed by atoms with E-state index in [1.807, 2.05) is 0 Å². The fourth-order valence-corrected chi connectivity index (χ4v) is 1.01. The van der Waals surface area contributed by atoms with Gasteiger partial charge < -0.3 is 9.84 Å². The van der Waals surface area contributed by atoms with Gasteiger partial charge in [-0.05, 0) is 0 Å². The molecule has 0 spiro atoms. The zero-order valence-electron chi connectivity index (χ0n) is 7.58. The van der Waals surface area contributed by atoms with Crippen molar-refractivity contribution in [2.75, 3.05) is 6.79 Å². The molecule has 1 N–H and O–H groups in total. The summed E-state index contributed by atoms with van der Waals surface area (Å²) in [5.41, 5.74) is -1.93. The van der Waals surface area contributed by atoms with Gasteiger partial charge in [0.25, 0.3) is 0 Å². The number of carbonyl (C=O) groups is 1. The lowest BCUT2D eigenvalue weighted by Crippen LogP contribution is -2.17. The molecule has 0 aliphatic rings. The molecule has 0 aliphatic carbocycles. The quantitative estimate of drug-likeness (QED) is 0.588. The summed E-state index contributed by atoms with van der Waals surface area (Å²) in [6, 6.07) is 0. The van der Waals surface area contributed by atoms with E-state index in [0.29, 0.717) is 6.20 Å². The van der Waals surface area contributed by atoms with Gasteiger partial charge in [-0.15, -0.1) is 0 Å². The second kappa shape index (κ2) is 3.89. The van der Waals surface area contributed by atoms with Gasteiger partial charge in [0.05, 0.1) is 6.20 Å². The molecule has 0 radical (unpaired) electrons. The number of carbonyl (C=O) groups excluding carboxylic acids is 1. The van der Waals surface area contributed by atoms with Gasteiger partial charge in [0, 0.05) is 7.05 Å². The molecule has 0 amide bonds. The van der Waals surface area contributed by atoms with Crippen molar-refractivity contribution in [1.82, 2.24) is 9.78 Å². The van der Waals surface area contributed by atoms with E-state index in [4.69, 9.17) is 5.11 Å². The molecule has 0 aliphatic heterocycles. The molecule has 0 saturated carbocycles. The molecule has 0 atom stereocenters. The number of aryl methyl sites for hydroxylation is 1. The Morgan fingerprint density at radius 1 is 1.67 bits per heavy atom. The van der Waals surface area contributed by atoms with Crippen molar-refractivity contribution in [3.63, 3.8) is 0 Å². The number of aromatic nitrogens is 2. The van der Waals surface area contributed by atoms with Gasteiger partial charge in [0.1, 0.15) is 5.56 Å². The van der Waals surface area contributed by atoms with E-state index >= 15 is 0 Å². The van der Waals surface area contributed by atoms with Crippen LogP contribution in [0.1, 0.15) is 16.1 Å². The summed E-state index contributed by atoms with van der Waals surface area (Å²) in [5.74, 6) is -1.27. The van der Waals surface area contributed by atoms with E-state index in [2.05, 4.69) is 9.84 Å². The minimum Gasteiger partial charge on any atom is -0.434 e. The maximum absolute atomic E-state index is 12.3. The molecule has 84 valence electrons. The Kier molecular flexibility index (Phi) is 2.98. The molecule has 1 rings (SSSR count). The summed E-state index contributed by atoms with van der Waals surface area (Å²) >= 11 is 0. The third-order valence-electron chi connectivity index (χ3n) is 1.63. The predicted octanol–water partition coefficient (Wildman–Crippen LogP) is 0.546. The number of halogens is 3. The highest BCUT2D eigenvalue weighted by molar-refractivity contribution is 5.89. The molecule has 15 heavy (non-hydrogen) atoms. The minimum absolute atomic E-state index is 0.522. The molecule has 0 fully saturated rings. The van der Waals surface area contributed by atoms with Crippen LogP contribution in [-0.2, 0) is 18.0 Å². The molecule has 1 heterocycles. The van der Waals surface area contributed by atoms with Crippen molar-refractivity contribution in [3.8, 4) is 0 Å². The molecular formula is C7H7F3N2O3. The molecule has 0 saturated heterocycles. The second-order valence-electron chi connectivity index (χ2n) is 2.59. The van der Waals surface area contributed by atoms with Gasteiger partial charge >= 0.3 is 12.1 Å². The number of hydrogen-bond acceptors (Lipinski definition) is 4. The third-order valence-corrected chi connectivity index (χ3v) is 1.63. The molecule has 8 heteroatoms. The molecular weight excluding hydrogens is 217 g/mol. The summed E-state index contributed by atoms with van der Waals surface area (Å²) in [6.07, 6.45) is -4.16. The highest BCUT2D eigenvalue weighted by Crippen LogP contribution is 2.31. The van der Waals surface area contributed by atoms with Crippen molar-refractivity contribution < 1.29 is 27.8 Å². The van der Waals surface area contributed by atoms with Gasteiger partial charge in [-0.1, -0.05) is 0 Å². The fourth-order valence-electron chi connectivity index (χ4n) is 1.01. The van der Waals surface area contributed by atoms with Gasteiger partial charge in [0.2, 0.25) is 0 Å². The standard InChI is InChI=1S/C7H7F3N2O3/c1-12-5(6(14)15-3-13)4(2-11-12)7(8,9)10/h2,13H,3H2,1H3. The van der Waals surface area contributed by atoms with Crippen LogP contribution in [-0.4, -0.2) is 27.6 Å². The monoisotopic (exact) mass is 224 g/mol. The summed E-state index contributed by atoms with van der Waals surface area (Å²) < 4.78 is 41.8. The zero-order chi connectivity index (χ0) is 11.6. The van der Waals surface area contributed by atoms with E-state index < -0.39 is 30.2 Å². The first kappa shape index (κ1) is 11.5. The molecule has 0 aromatic carbocycles. The van der Waals surface area contributed by atoms with Crippen LogP contribution in [0.15, 0.2) is 6.20 Å². The smallest absolute Gasteiger partial charge is 0.420 e. The van der Waals surface area contributed by atoms with E-state index in [9.17, 15) is 18.0 Å². The zero-order valence-corrected chi connectivity index (χ0v) is 7.58. The van der Waals surface area contributed by atoms with Crippen molar-refractivity contribution in [1.29, 1.82) is 0 Å². The number of alkyl halides is 3. The van der Waals surface area contributed by atoms with Crippen LogP contribution in [0.25, 0.3) is 0 Å². The lowest BCUT2D eigenvalue weighted by Gasteiger charge is -2.07. The fraction of sp³-hybridized carbons (Fsp3) is 0.429. The first-order chi connectivity index (χ1) is 6.88. The van der Waals surface area contributed by atoms with Crippen LogP contribution in [0.2, 0.25) is 0 Å². The Hall–Kier alpha value is -1.57. The van der Waals surface area contributed by atoms with Crippen molar-refractivity contribution in [2.24, 2.45) is 7.05 Å². The SMILES string of the molecule is Cn1ncc(C(F)(F)F)c1C(=O)OCO. The Morgan fingerprint density at radius 3 is 2.73 bits per heavy atom. The van der Waals surface area contributed by atoms with Gasteiger partial charge in [-0.25, -0.2) is 4.79 Å². The van der Waals surface area contributed by atoms with E-state index in [1.54, 1.807) is 0 Å². The molecule has 0 unspecified atom stereocenters. The lowest BCUT2D eigenvalue weighted by atomic mass is 10.2. The molecule has 0 bridgehead atoms.